The molecule has 1 rings (SSSR count). The quantitative estimate of drug-likeness (QED) is 0.665. The topological polar surface area (TPSA) is 66.9 Å². The number of rotatable bonds is 1. The Morgan fingerprint density at radius 3 is 2.67 bits per heavy atom. The van der Waals surface area contributed by atoms with E-state index in [1.165, 1.54) is 6.07 Å². The number of primary amides is 1. The Morgan fingerprint density at radius 2 is 2.17 bits per heavy atom. The second kappa shape index (κ2) is 3.05. The smallest absolute Gasteiger partial charge is 0.248 e. The zero-order chi connectivity index (χ0) is 9.14. The Kier molecular flexibility index (Phi) is 2.11. The van der Waals surface area contributed by atoms with Crippen LogP contribution < -0.4 is 5.73 Å². The SMILES string of the molecule is Cc1cc(C#N)cc(C(N)=O)c1. The first kappa shape index (κ1) is 8.28. The fourth-order valence-corrected chi connectivity index (χ4v) is 0.990. The molecule has 3 nitrogen and oxygen atoms in total. The second-order valence-electron chi connectivity index (χ2n) is 2.56. The van der Waals surface area contributed by atoms with Gasteiger partial charge in [-0.3, -0.25) is 4.79 Å². The molecular formula is C9H8N2O. The van der Waals surface area contributed by atoms with E-state index in [0.29, 0.717) is 11.1 Å². The van der Waals surface area contributed by atoms with Crippen LogP contribution in [-0.2, 0) is 0 Å². The van der Waals surface area contributed by atoms with Crippen molar-refractivity contribution in [3.63, 3.8) is 0 Å². The van der Waals surface area contributed by atoms with Gasteiger partial charge in [0.2, 0.25) is 5.91 Å². The van der Waals surface area contributed by atoms with Gasteiger partial charge in [0.25, 0.3) is 0 Å². The summed E-state index contributed by atoms with van der Waals surface area (Å²) in [5, 5.41) is 8.57. The number of carbonyl (C=O) groups is 1. The van der Waals surface area contributed by atoms with Gasteiger partial charge in [-0.25, -0.2) is 0 Å². The highest BCUT2D eigenvalue weighted by molar-refractivity contribution is 5.93. The molecule has 0 heterocycles. The van der Waals surface area contributed by atoms with Crippen LogP contribution in [0.25, 0.3) is 0 Å². The summed E-state index contributed by atoms with van der Waals surface area (Å²) in [5.41, 5.74) is 6.76. The average molecular weight is 160 g/mol. The lowest BCUT2D eigenvalue weighted by Gasteiger charge is -1.97. The molecule has 60 valence electrons. The van der Waals surface area contributed by atoms with Crippen molar-refractivity contribution in [2.24, 2.45) is 5.73 Å². The number of nitriles is 1. The van der Waals surface area contributed by atoms with Crippen molar-refractivity contribution in [3.8, 4) is 6.07 Å². The Labute approximate surface area is 70.4 Å². The first-order chi connectivity index (χ1) is 5.63. The maximum atomic E-state index is 10.7. The molecule has 0 aliphatic carbocycles. The predicted molar refractivity (Wildman–Crippen MR) is 44.4 cm³/mol. The molecule has 12 heavy (non-hydrogen) atoms. The van der Waals surface area contributed by atoms with Crippen molar-refractivity contribution < 1.29 is 4.79 Å². The Bertz CT molecular complexity index is 363. The third kappa shape index (κ3) is 1.61. The maximum Gasteiger partial charge on any atom is 0.248 e. The number of nitrogens with two attached hydrogens (primary N) is 1. The van der Waals surface area contributed by atoms with Crippen LogP contribution >= 0.6 is 0 Å². The van der Waals surface area contributed by atoms with E-state index in [1.54, 1.807) is 12.1 Å². The number of hydrogen-bond donors (Lipinski definition) is 1. The van der Waals surface area contributed by atoms with E-state index in [2.05, 4.69) is 0 Å². The average Bonchev–Trinajstić information content (AvgIpc) is 2.03. The zero-order valence-electron chi connectivity index (χ0n) is 6.66. The molecule has 1 aromatic carbocycles. The minimum atomic E-state index is -0.504. The van der Waals surface area contributed by atoms with Crippen LogP contribution in [0.15, 0.2) is 18.2 Å². The number of hydrogen-bond acceptors (Lipinski definition) is 2. The van der Waals surface area contributed by atoms with Crippen LogP contribution in [0, 0.1) is 18.3 Å². The Morgan fingerprint density at radius 1 is 1.50 bits per heavy atom. The number of aryl methyl sites for hydroxylation is 1. The molecule has 1 aromatic rings. The molecule has 0 aromatic heterocycles. The fourth-order valence-electron chi connectivity index (χ4n) is 0.990. The van der Waals surface area contributed by atoms with Gasteiger partial charge in [0.15, 0.2) is 0 Å². The van der Waals surface area contributed by atoms with Gasteiger partial charge in [0.05, 0.1) is 11.6 Å². The van der Waals surface area contributed by atoms with Crippen LogP contribution in [0.3, 0.4) is 0 Å². The summed E-state index contributed by atoms with van der Waals surface area (Å²) < 4.78 is 0. The monoisotopic (exact) mass is 160 g/mol. The third-order valence-electron chi connectivity index (χ3n) is 1.49. The molecule has 0 saturated heterocycles. The van der Waals surface area contributed by atoms with Crippen molar-refractivity contribution in [3.05, 3.63) is 34.9 Å². The van der Waals surface area contributed by atoms with E-state index in [-0.39, 0.29) is 0 Å². The molecule has 0 spiro atoms. The van der Waals surface area contributed by atoms with Gasteiger partial charge >= 0.3 is 0 Å². The molecular weight excluding hydrogens is 152 g/mol. The van der Waals surface area contributed by atoms with Crippen molar-refractivity contribution >= 4 is 5.91 Å². The summed E-state index contributed by atoms with van der Waals surface area (Å²) in [6.07, 6.45) is 0. The molecule has 0 radical (unpaired) electrons. The van der Waals surface area contributed by atoms with Crippen LogP contribution in [-0.4, -0.2) is 5.91 Å². The predicted octanol–water partition coefficient (Wildman–Crippen LogP) is 0.966. The van der Waals surface area contributed by atoms with Gasteiger partial charge in [-0.2, -0.15) is 5.26 Å². The van der Waals surface area contributed by atoms with Crippen molar-refractivity contribution in [2.45, 2.75) is 6.92 Å². The second-order valence-corrected chi connectivity index (χ2v) is 2.56. The first-order valence-electron chi connectivity index (χ1n) is 3.45. The van der Waals surface area contributed by atoms with Gasteiger partial charge in [-0.1, -0.05) is 0 Å². The van der Waals surface area contributed by atoms with Gasteiger partial charge in [0, 0.05) is 5.56 Å². The molecule has 3 heteroatoms. The van der Waals surface area contributed by atoms with Gasteiger partial charge in [-0.05, 0) is 30.7 Å². The normalized spacial score (nSPS) is 9.00. The van der Waals surface area contributed by atoms with Gasteiger partial charge < -0.3 is 5.73 Å². The minimum Gasteiger partial charge on any atom is -0.366 e. The first-order valence-corrected chi connectivity index (χ1v) is 3.45. The molecule has 0 aliphatic rings. The Balaban J connectivity index is 3.26. The lowest BCUT2D eigenvalue weighted by molar-refractivity contribution is 0.1000. The van der Waals surface area contributed by atoms with E-state index in [1.807, 2.05) is 13.0 Å². The van der Waals surface area contributed by atoms with Gasteiger partial charge in [0.1, 0.15) is 0 Å². The maximum absolute atomic E-state index is 10.7. The van der Waals surface area contributed by atoms with Crippen LogP contribution in [0.1, 0.15) is 21.5 Å². The van der Waals surface area contributed by atoms with Crippen molar-refractivity contribution in [1.29, 1.82) is 5.26 Å². The summed E-state index contributed by atoms with van der Waals surface area (Å²) in [6, 6.07) is 6.79. The van der Waals surface area contributed by atoms with Crippen molar-refractivity contribution in [1.82, 2.24) is 0 Å². The fraction of sp³-hybridized carbons (Fsp3) is 0.111. The molecule has 0 aliphatic heterocycles. The van der Waals surface area contributed by atoms with Crippen molar-refractivity contribution in [2.75, 3.05) is 0 Å². The van der Waals surface area contributed by atoms with Crippen LogP contribution in [0.2, 0.25) is 0 Å². The summed E-state index contributed by atoms with van der Waals surface area (Å²) in [4.78, 5) is 10.7. The Hall–Kier alpha value is -1.82. The highest BCUT2D eigenvalue weighted by Crippen LogP contribution is 2.07. The van der Waals surface area contributed by atoms with E-state index >= 15 is 0 Å². The van der Waals surface area contributed by atoms with Crippen LogP contribution in [0.4, 0.5) is 0 Å². The number of benzene rings is 1. The van der Waals surface area contributed by atoms with E-state index in [4.69, 9.17) is 11.0 Å². The molecule has 0 unspecified atom stereocenters. The molecule has 2 N–H and O–H groups in total. The number of carbonyl (C=O) groups excluding carboxylic acids is 1. The summed E-state index contributed by atoms with van der Waals surface area (Å²) in [6.45, 7) is 1.81. The summed E-state index contributed by atoms with van der Waals surface area (Å²) >= 11 is 0. The number of nitrogens with zero attached hydrogens (tertiary/aromatic N) is 1. The summed E-state index contributed by atoms with van der Waals surface area (Å²) in [7, 11) is 0. The summed E-state index contributed by atoms with van der Waals surface area (Å²) in [5.74, 6) is -0.504. The third-order valence-corrected chi connectivity index (χ3v) is 1.49. The highest BCUT2D eigenvalue weighted by atomic mass is 16.1. The zero-order valence-corrected chi connectivity index (χ0v) is 6.66. The van der Waals surface area contributed by atoms with E-state index in [9.17, 15) is 4.79 Å². The molecule has 0 atom stereocenters. The van der Waals surface area contributed by atoms with E-state index in [0.717, 1.165) is 5.56 Å². The lowest BCUT2D eigenvalue weighted by atomic mass is 10.1. The van der Waals surface area contributed by atoms with E-state index < -0.39 is 5.91 Å². The molecule has 0 fully saturated rings. The number of amides is 1. The minimum absolute atomic E-state index is 0.381. The highest BCUT2D eigenvalue weighted by Gasteiger charge is 2.02. The lowest BCUT2D eigenvalue weighted by Crippen LogP contribution is -2.11. The molecule has 0 bridgehead atoms. The molecule has 1 amide bonds. The van der Waals surface area contributed by atoms with Crippen LogP contribution in [0.5, 0.6) is 0 Å². The van der Waals surface area contributed by atoms with Gasteiger partial charge in [-0.15, -0.1) is 0 Å². The molecule has 0 saturated carbocycles. The largest absolute Gasteiger partial charge is 0.366 e. The standard InChI is InChI=1S/C9H8N2O/c1-6-2-7(5-10)4-8(3-6)9(11)12/h2-4H,1H3,(H2,11,12).